The zero-order chi connectivity index (χ0) is 19.8. The lowest BCUT2D eigenvalue weighted by Gasteiger charge is -2.35. The highest BCUT2D eigenvalue weighted by molar-refractivity contribution is 15.0. The van der Waals surface area contributed by atoms with Crippen LogP contribution in [0.1, 0.15) is 63.1 Å². The lowest BCUT2D eigenvalue weighted by molar-refractivity contribution is 0.122. The van der Waals surface area contributed by atoms with Crippen molar-refractivity contribution >= 4 is 37.2 Å². The molecule has 0 aliphatic carbocycles. The quantitative estimate of drug-likeness (QED) is 0.314. The zero-order valence-corrected chi connectivity index (χ0v) is 21.5. The van der Waals surface area contributed by atoms with Crippen molar-refractivity contribution in [3.8, 4) is 5.75 Å². The molecule has 1 aliphatic rings. The van der Waals surface area contributed by atoms with E-state index < -0.39 is 0 Å². The fraction of sp³-hybridized carbons (Fsp3) is 0.478. The molecule has 0 amide bonds. The molecule has 1 heterocycles. The number of halogens is 2. The first-order chi connectivity index (χ1) is 12.2. The summed E-state index contributed by atoms with van der Waals surface area (Å²) >= 11 is 4.24. The number of rotatable bonds is 1. The summed E-state index contributed by atoms with van der Waals surface area (Å²) in [5.41, 5.74) is 12.4. The van der Waals surface area contributed by atoms with Crippen LogP contribution >= 0.6 is 37.2 Å². The van der Waals surface area contributed by atoms with Crippen LogP contribution in [0.25, 0.3) is 0 Å². The van der Waals surface area contributed by atoms with E-state index in [4.69, 9.17) is 4.74 Å². The molecule has 2 atom stereocenters. The first kappa shape index (κ1) is 22.0. The maximum Gasteiger partial charge on any atom is 0.127 e. The van der Waals surface area contributed by atoms with Crippen molar-refractivity contribution < 1.29 is 4.74 Å². The molecule has 0 radical (unpaired) electrons. The highest BCUT2D eigenvalue weighted by Gasteiger charge is 2.31. The summed E-state index contributed by atoms with van der Waals surface area (Å²) in [6.07, 6.45) is 1.25. The van der Waals surface area contributed by atoms with Gasteiger partial charge >= 0.3 is 0 Å². The predicted octanol–water partition coefficient (Wildman–Crippen LogP) is 7.93. The Balaban J connectivity index is 0.00000117. The molecule has 2 aromatic rings. The van der Waals surface area contributed by atoms with Gasteiger partial charge in [0.15, 0.2) is 0 Å². The minimum atomic E-state index is 0.149. The lowest BCUT2D eigenvalue weighted by atomic mass is 9.82. The van der Waals surface area contributed by atoms with E-state index in [-0.39, 0.29) is 6.10 Å². The third kappa shape index (κ3) is 3.94. The molecule has 0 bridgehead atoms. The van der Waals surface area contributed by atoms with Gasteiger partial charge < -0.3 is 4.74 Å². The molecule has 1 nitrogen and oxygen atoms in total. The average molecular weight is 576 g/mol. The van der Waals surface area contributed by atoms with Crippen molar-refractivity contribution in [3.05, 3.63) is 62.2 Å². The molecule has 3 heteroatoms. The van der Waals surface area contributed by atoms with Crippen LogP contribution in [0.2, 0.25) is 0 Å². The Morgan fingerprint density at radius 1 is 0.769 bits per heavy atom. The van der Waals surface area contributed by atoms with Crippen molar-refractivity contribution in [3.63, 3.8) is 0 Å². The maximum absolute atomic E-state index is 6.63. The SMILES string of the molecule is Cc1cc(C2Oc3c(C)c(C)c(C)c(C)c3CC2C)cc(C)c1C.II. The van der Waals surface area contributed by atoms with Crippen LogP contribution in [0, 0.1) is 54.4 Å². The zero-order valence-electron chi connectivity index (χ0n) is 17.2. The normalized spacial score (nSPS) is 18.5. The predicted molar refractivity (Wildman–Crippen MR) is 130 cm³/mol. The Labute approximate surface area is 182 Å². The van der Waals surface area contributed by atoms with Crippen LogP contribution < -0.4 is 4.74 Å². The minimum absolute atomic E-state index is 0.149. The van der Waals surface area contributed by atoms with E-state index >= 15 is 0 Å². The molecule has 2 aromatic carbocycles. The van der Waals surface area contributed by atoms with Gasteiger partial charge in [0.2, 0.25) is 0 Å². The summed E-state index contributed by atoms with van der Waals surface area (Å²) in [6, 6.07) is 4.63. The first-order valence-electron chi connectivity index (χ1n) is 9.20. The largest absolute Gasteiger partial charge is 0.485 e. The smallest absolute Gasteiger partial charge is 0.127 e. The number of hydrogen-bond acceptors (Lipinski definition) is 1. The molecule has 1 aliphatic heterocycles. The topological polar surface area (TPSA) is 9.23 Å². The van der Waals surface area contributed by atoms with E-state index in [1.807, 2.05) is 0 Å². The third-order valence-electron chi connectivity index (χ3n) is 6.32. The second-order valence-electron chi connectivity index (χ2n) is 7.81. The molecule has 0 saturated carbocycles. The molecule has 0 saturated heterocycles. The van der Waals surface area contributed by atoms with Crippen molar-refractivity contribution in [2.45, 2.75) is 67.9 Å². The van der Waals surface area contributed by atoms with Gasteiger partial charge in [-0.15, -0.1) is 0 Å². The van der Waals surface area contributed by atoms with Gasteiger partial charge in [-0.3, -0.25) is 0 Å². The van der Waals surface area contributed by atoms with E-state index in [0.29, 0.717) is 5.92 Å². The molecule has 0 aromatic heterocycles. The van der Waals surface area contributed by atoms with Crippen LogP contribution in [0.4, 0.5) is 0 Å². The standard InChI is InChI=1S/C23H30O.I2/c1-12-9-20(10-13(2)15(12)4)22-14(3)11-21-18(7)16(5)17(6)19(8)23(21)24-22;1-2/h9-10,14,22H,11H2,1-8H3;. The van der Waals surface area contributed by atoms with Crippen LogP contribution in [-0.2, 0) is 6.42 Å². The molecule has 0 N–H and O–H groups in total. The fourth-order valence-electron chi connectivity index (χ4n) is 4.06. The van der Waals surface area contributed by atoms with E-state index in [1.165, 1.54) is 50.1 Å². The van der Waals surface area contributed by atoms with Crippen LogP contribution in [0.5, 0.6) is 5.75 Å². The summed E-state index contributed by atoms with van der Waals surface area (Å²) in [4.78, 5) is 0. The van der Waals surface area contributed by atoms with Gasteiger partial charge in [-0.05, 0) is 105 Å². The highest BCUT2D eigenvalue weighted by atomic mass is 128. The first-order valence-corrected chi connectivity index (χ1v) is 15.5. The highest BCUT2D eigenvalue weighted by Crippen LogP contribution is 2.44. The minimum Gasteiger partial charge on any atom is -0.485 e. The van der Waals surface area contributed by atoms with Crippen LogP contribution in [0.3, 0.4) is 0 Å². The Kier molecular flexibility index (Phi) is 7.45. The molecule has 2 unspecified atom stereocenters. The molecule has 0 fully saturated rings. The van der Waals surface area contributed by atoms with Crippen molar-refractivity contribution in [2.75, 3.05) is 0 Å². The van der Waals surface area contributed by atoms with Gasteiger partial charge in [0.25, 0.3) is 0 Å². The fourth-order valence-corrected chi connectivity index (χ4v) is 4.06. The molecular weight excluding hydrogens is 546 g/mol. The van der Waals surface area contributed by atoms with Gasteiger partial charge in [-0.25, -0.2) is 0 Å². The summed E-state index contributed by atoms with van der Waals surface area (Å²) in [7, 11) is 0. The second kappa shape index (κ2) is 8.80. The summed E-state index contributed by atoms with van der Waals surface area (Å²) < 4.78 is 6.63. The van der Waals surface area contributed by atoms with Crippen molar-refractivity contribution in [2.24, 2.45) is 5.92 Å². The van der Waals surface area contributed by atoms with Crippen molar-refractivity contribution in [1.82, 2.24) is 0 Å². The molecule has 3 rings (SSSR count). The van der Waals surface area contributed by atoms with Gasteiger partial charge in [0.05, 0.1) is 0 Å². The van der Waals surface area contributed by atoms with E-state index in [9.17, 15) is 0 Å². The Hall–Kier alpha value is -0.300. The van der Waals surface area contributed by atoms with E-state index in [0.717, 1.165) is 12.2 Å². The lowest BCUT2D eigenvalue weighted by Crippen LogP contribution is -2.26. The van der Waals surface area contributed by atoms with Gasteiger partial charge in [-0.2, -0.15) is 0 Å². The number of ether oxygens (including phenoxy) is 1. The second-order valence-corrected chi connectivity index (χ2v) is 7.81. The monoisotopic (exact) mass is 576 g/mol. The third-order valence-corrected chi connectivity index (χ3v) is 6.32. The van der Waals surface area contributed by atoms with Gasteiger partial charge in [-0.1, -0.05) is 19.1 Å². The number of aryl methyl sites for hydroxylation is 2. The van der Waals surface area contributed by atoms with E-state index in [2.05, 4.69) is 105 Å². The molecule has 142 valence electrons. The molecule has 26 heavy (non-hydrogen) atoms. The Bertz CT molecular complexity index is 801. The number of fused-ring (bicyclic) bond motifs is 1. The van der Waals surface area contributed by atoms with Gasteiger partial charge in [0.1, 0.15) is 11.9 Å². The molecular formula is C23H30I2O. The Morgan fingerprint density at radius 3 is 1.81 bits per heavy atom. The molecule has 0 spiro atoms. The summed E-state index contributed by atoms with van der Waals surface area (Å²) in [5.74, 6) is 1.62. The van der Waals surface area contributed by atoms with Crippen LogP contribution in [0.15, 0.2) is 12.1 Å². The Morgan fingerprint density at radius 2 is 1.27 bits per heavy atom. The van der Waals surface area contributed by atoms with E-state index in [1.54, 1.807) is 0 Å². The number of benzene rings is 2. The number of hydrogen-bond donors (Lipinski definition) is 0. The van der Waals surface area contributed by atoms with Gasteiger partial charge in [0, 0.05) is 43.1 Å². The van der Waals surface area contributed by atoms with Crippen molar-refractivity contribution in [1.29, 1.82) is 0 Å². The summed E-state index contributed by atoms with van der Waals surface area (Å²) in [6.45, 7) is 17.8. The maximum atomic E-state index is 6.63. The average Bonchev–Trinajstić information content (AvgIpc) is 2.63. The summed E-state index contributed by atoms with van der Waals surface area (Å²) in [5, 5.41) is 0. The van der Waals surface area contributed by atoms with Crippen LogP contribution in [-0.4, -0.2) is 0 Å².